The molecule has 0 aliphatic heterocycles. The molecule has 0 bridgehead atoms. The molecule has 1 aromatic carbocycles. The van der Waals surface area contributed by atoms with Gasteiger partial charge in [-0.05, 0) is 23.8 Å². The number of carbonyl (C=O) groups excluding carboxylic acids is 1. The molecular weight excluding hydrogens is 280 g/mol. The lowest BCUT2D eigenvalue weighted by molar-refractivity contribution is -0.124. The fourth-order valence-electron chi connectivity index (χ4n) is 1.90. The third-order valence-corrected chi connectivity index (χ3v) is 2.99. The monoisotopic (exact) mass is 296 g/mol. The van der Waals surface area contributed by atoms with E-state index in [1.165, 1.54) is 16.1 Å². The first kappa shape index (κ1) is 15.5. The van der Waals surface area contributed by atoms with Gasteiger partial charge in [-0.25, -0.2) is 5.48 Å². The van der Waals surface area contributed by atoms with E-state index in [2.05, 4.69) is 0 Å². The van der Waals surface area contributed by atoms with Gasteiger partial charge >= 0.3 is 0 Å². The molecule has 0 saturated heterocycles. The molecule has 1 heterocycles. The second-order valence-corrected chi connectivity index (χ2v) is 4.54. The maximum absolute atomic E-state index is 12.2. The molecule has 5 nitrogen and oxygen atoms in total. The zero-order chi connectivity index (χ0) is 15.8. The predicted octanol–water partition coefficient (Wildman–Crippen LogP) is 2.08. The largest absolute Gasteiger partial charge is 0.311 e. The van der Waals surface area contributed by atoms with Crippen molar-refractivity contribution in [3.63, 3.8) is 0 Å². The molecule has 0 unspecified atom stereocenters. The van der Waals surface area contributed by atoms with Crippen molar-refractivity contribution in [2.75, 3.05) is 0 Å². The first-order valence-corrected chi connectivity index (χ1v) is 6.74. The lowest BCUT2D eigenvalue weighted by atomic mass is 10.2. The average Bonchev–Trinajstić information content (AvgIpc) is 2.56. The van der Waals surface area contributed by atoms with E-state index in [0.29, 0.717) is 12.1 Å². The zero-order valence-corrected chi connectivity index (χ0v) is 11.8. The van der Waals surface area contributed by atoms with Crippen LogP contribution in [-0.4, -0.2) is 15.7 Å². The third kappa shape index (κ3) is 4.29. The summed E-state index contributed by atoms with van der Waals surface area (Å²) < 4.78 is 1.54. The Morgan fingerprint density at radius 3 is 2.64 bits per heavy atom. The van der Waals surface area contributed by atoms with Crippen LogP contribution in [0, 0.1) is 0 Å². The van der Waals surface area contributed by atoms with Crippen molar-refractivity contribution in [1.82, 2.24) is 10.0 Å². The Morgan fingerprint density at radius 1 is 1.14 bits per heavy atom. The summed E-state index contributed by atoms with van der Waals surface area (Å²) in [6.45, 7) is 0.432. The highest BCUT2D eigenvalue weighted by atomic mass is 16.5. The summed E-state index contributed by atoms with van der Waals surface area (Å²) in [5.41, 5.74) is 2.71. The Balaban J connectivity index is 2.12. The maximum atomic E-state index is 12.2. The van der Waals surface area contributed by atoms with Gasteiger partial charge < -0.3 is 4.57 Å². The summed E-state index contributed by atoms with van der Waals surface area (Å²) in [4.78, 5) is 23.1. The average molecular weight is 296 g/mol. The normalized spacial score (nSPS) is 11.1. The van der Waals surface area contributed by atoms with Crippen LogP contribution in [0.15, 0.2) is 65.6 Å². The third-order valence-electron chi connectivity index (χ3n) is 2.99. The van der Waals surface area contributed by atoms with E-state index in [-0.39, 0.29) is 5.56 Å². The van der Waals surface area contributed by atoms with Gasteiger partial charge in [0.1, 0.15) is 0 Å². The smallest absolute Gasteiger partial charge is 0.267 e. The number of nitrogens with one attached hydrogen (secondary N) is 1. The lowest BCUT2D eigenvalue weighted by Gasteiger charge is -2.03. The number of aromatic nitrogens is 1. The van der Waals surface area contributed by atoms with Crippen molar-refractivity contribution >= 4 is 18.1 Å². The Labute approximate surface area is 127 Å². The summed E-state index contributed by atoms with van der Waals surface area (Å²) in [5, 5.41) is 8.42. The van der Waals surface area contributed by atoms with E-state index in [9.17, 15) is 9.59 Å². The minimum absolute atomic E-state index is 0.206. The highest BCUT2D eigenvalue weighted by molar-refractivity contribution is 5.90. The second kappa shape index (κ2) is 7.75. The summed E-state index contributed by atoms with van der Waals surface area (Å²) in [6, 6.07) is 13.1. The zero-order valence-electron chi connectivity index (χ0n) is 11.8. The topological polar surface area (TPSA) is 71.3 Å². The van der Waals surface area contributed by atoms with Crippen LogP contribution < -0.4 is 11.0 Å². The molecule has 0 spiro atoms. The van der Waals surface area contributed by atoms with Gasteiger partial charge in [0.15, 0.2) is 0 Å². The molecule has 1 amide bonds. The van der Waals surface area contributed by atoms with Crippen LogP contribution in [0.25, 0.3) is 12.2 Å². The van der Waals surface area contributed by atoms with E-state index in [1.54, 1.807) is 18.3 Å². The Morgan fingerprint density at radius 2 is 1.91 bits per heavy atom. The Bertz CT molecular complexity index is 746. The van der Waals surface area contributed by atoms with Crippen LogP contribution in [0.2, 0.25) is 0 Å². The number of carbonyl (C=O) groups is 1. The van der Waals surface area contributed by atoms with Crippen LogP contribution >= 0.6 is 0 Å². The van der Waals surface area contributed by atoms with Crippen LogP contribution in [0.1, 0.15) is 11.1 Å². The van der Waals surface area contributed by atoms with Gasteiger partial charge in [0.2, 0.25) is 0 Å². The quantitative estimate of drug-likeness (QED) is 0.504. The number of hydrogen-bond donors (Lipinski definition) is 2. The molecule has 0 atom stereocenters. The van der Waals surface area contributed by atoms with Gasteiger partial charge in [0.25, 0.3) is 11.5 Å². The molecule has 0 saturated carbocycles. The van der Waals surface area contributed by atoms with Crippen molar-refractivity contribution in [1.29, 1.82) is 0 Å². The molecular formula is C17H16N2O3. The highest BCUT2D eigenvalue weighted by Crippen LogP contribution is 2.01. The van der Waals surface area contributed by atoms with Gasteiger partial charge in [-0.2, -0.15) is 0 Å². The maximum Gasteiger partial charge on any atom is 0.267 e. The van der Waals surface area contributed by atoms with Crippen LogP contribution in [0.5, 0.6) is 0 Å². The highest BCUT2D eigenvalue weighted by Gasteiger charge is 1.99. The number of benzene rings is 1. The molecule has 0 radical (unpaired) electrons. The summed E-state index contributed by atoms with van der Waals surface area (Å²) in [5.74, 6) is -0.682. The number of rotatable bonds is 5. The molecule has 5 heteroatoms. The van der Waals surface area contributed by atoms with E-state index in [0.717, 1.165) is 11.6 Å². The SMILES string of the molecule is O=C(/C=C/c1cccn(CC=Cc2ccccc2)c1=O)NO. The number of hydroxylamine groups is 1. The minimum Gasteiger partial charge on any atom is -0.311 e. The molecule has 1 aromatic heterocycles. The van der Waals surface area contributed by atoms with Gasteiger partial charge in [0, 0.05) is 24.4 Å². The van der Waals surface area contributed by atoms with Crippen molar-refractivity contribution in [3.05, 3.63) is 82.3 Å². The number of allylic oxidation sites excluding steroid dienone is 1. The Hall–Kier alpha value is -2.92. The molecule has 0 aliphatic rings. The van der Waals surface area contributed by atoms with Gasteiger partial charge in [-0.1, -0.05) is 42.5 Å². The summed E-state index contributed by atoms with van der Waals surface area (Å²) in [7, 11) is 0. The fourth-order valence-corrected chi connectivity index (χ4v) is 1.90. The summed E-state index contributed by atoms with van der Waals surface area (Å²) >= 11 is 0. The van der Waals surface area contributed by atoms with E-state index < -0.39 is 5.91 Å². The van der Waals surface area contributed by atoms with E-state index in [1.807, 2.05) is 42.5 Å². The summed E-state index contributed by atoms with van der Waals surface area (Å²) in [6.07, 6.45) is 7.98. The van der Waals surface area contributed by atoms with Crippen molar-refractivity contribution < 1.29 is 10.0 Å². The van der Waals surface area contributed by atoms with E-state index >= 15 is 0 Å². The fraction of sp³-hybridized carbons (Fsp3) is 0.0588. The van der Waals surface area contributed by atoms with Crippen LogP contribution in [-0.2, 0) is 11.3 Å². The molecule has 2 N–H and O–H groups in total. The van der Waals surface area contributed by atoms with Crippen LogP contribution in [0.3, 0.4) is 0 Å². The van der Waals surface area contributed by atoms with Crippen molar-refractivity contribution in [2.45, 2.75) is 6.54 Å². The molecule has 112 valence electrons. The first-order chi connectivity index (χ1) is 10.7. The number of hydrogen-bond acceptors (Lipinski definition) is 3. The molecule has 2 aromatic rings. The number of pyridine rings is 1. The Kier molecular flexibility index (Phi) is 5.45. The molecule has 0 fully saturated rings. The van der Waals surface area contributed by atoms with E-state index in [4.69, 9.17) is 5.21 Å². The van der Waals surface area contributed by atoms with Crippen LogP contribution in [0.4, 0.5) is 0 Å². The van der Waals surface area contributed by atoms with Crippen molar-refractivity contribution in [3.8, 4) is 0 Å². The standard InChI is InChI=1S/C17H16N2O3/c20-16(18-22)11-10-15-9-5-13-19(17(15)21)12-4-8-14-6-2-1-3-7-14/h1-11,13,22H,12H2,(H,18,20)/b8-4?,11-10+. The van der Waals surface area contributed by atoms with Gasteiger partial charge in [0.05, 0.1) is 0 Å². The predicted molar refractivity (Wildman–Crippen MR) is 85.1 cm³/mol. The molecule has 0 aliphatic carbocycles. The van der Waals surface area contributed by atoms with Crippen molar-refractivity contribution in [2.24, 2.45) is 0 Å². The minimum atomic E-state index is -0.682. The molecule has 22 heavy (non-hydrogen) atoms. The first-order valence-electron chi connectivity index (χ1n) is 6.74. The van der Waals surface area contributed by atoms with Gasteiger partial charge in [-0.3, -0.25) is 14.8 Å². The number of nitrogens with zero attached hydrogens (tertiary/aromatic N) is 1. The van der Waals surface area contributed by atoms with Gasteiger partial charge in [-0.15, -0.1) is 0 Å². The lowest BCUT2D eigenvalue weighted by Crippen LogP contribution is -2.21. The number of amides is 1. The second-order valence-electron chi connectivity index (χ2n) is 4.54. The molecule has 2 rings (SSSR count).